The molecule has 0 spiro atoms. The van der Waals surface area contributed by atoms with Crippen molar-refractivity contribution in [1.29, 1.82) is 0 Å². The van der Waals surface area contributed by atoms with Gasteiger partial charge >= 0.3 is 0 Å². The van der Waals surface area contributed by atoms with Gasteiger partial charge in [0, 0.05) is 32.0 Å². The summed E-state index contributed by atoms with van der Waals surface area (Å²) < 4.78 is 7.17. The zero-order valence-electron chi connectivity index (χ0n) is 12.4. The molecule has 1 unspecified atom stereocenters. The van der Waals surface area contributed by atoms with Crippen LogP contribution in [0.3, 0.4) is 0 Å². The van der Waals surface area contributed by atoms with Crippen molar-refractivity contribution in [1.82, 2.24) is 15.1 Å². The van der Waals surface area contributed by atoms with Crippen LogP contribution in [0.25, 0.3) is 0 Å². The molecule has 4 nitrogen and oxygen atoms in total. The van der Waals surface area contributed by atoms with Crippen LogP contribution in [0.1, 0.15) is 44.5 Å². The summed E-state index contributed by atoms with van der Waals surface area (Å²) in [6.45, 7) is 11.4. The number of aromatic nitrogens is 2. The Balaban J connectivity index is 2.52. The van der Waals surface area contributed by atoms with Crippen molar-refractivity contribution in [3.63, 3.8) is 0 Å². The van der Waals surface area contributed by atoms with Gasteiger partial charge in [-0.3, -0.25) is 4.68 Å². The average Bonchev–Trinajstić information content (AvgIpc) is 2.67. The number of methoxy groups -OCH3 is 1. The summed E-state index contributed by atoms with van der Waals surface area (Å²) in [7, 11) is 1.74. The molecule has 1 aromatic heterocycles. The van der Waals surface area contributed by atoms with Gasteiger partial charge in [-0.2, -0.15) is 5.10 Å². The highest BCUT2D eigenvalue weighted by molar-refractivity contribution is 5.15. The number of nitrogens with one attached hydrogen (secondary N) is 1. The fraction of sp³-hybridized carbons (Fsp3) is 0.786. The Labute approximate surface area is 111 Å². The first-order valence-corrected chi connectivity index (χ1v) is 6.78. The van der Waals surface area contributed by atoms with E-state index in [0.29, 0.717) is 12.0 Å². The lowest BCUT2D eigenvalue weighted by atomic mass is 10.2. The minimum absolute atomic E-state index is 0.391. The number of hydrogen-bond acceptors (Lipinski definition) is 3. The van der Waals surface area contributed by atoms with E-state index in [4.69, 9.17) is 4.74 Å². The summed E-state index contributed by atoms with van der Waals surface area (Å²) in [6, 6.07) is 0.391. The molecule has 1 aromatic rings. The van der Waals surface area contributed by atoms with Gasteiger partial charge in [0.1, 0.15) is 0 Å². The number of ether oxygens (including phenoxy) is 1. The summed E-state index contributed by atoms with van der Waals surface area (Å²) in [5, 5.41) is 8.04. The Morgan fingerprint density at radius 3 is 2.72 bits per heavy atom. The molecule has 104 valence electrons. The van der Waals surface area contributed by atoms with E-state index < -0.39 is 0 Å². The third kappa shape index (κ3) is 4.78. The Hall–Kier alpha value is -0.870. The van der Waals surface area contributed by atoms with Crippen LogP contribution in [0.5, 0.6) is 0 Å². The third-order valence-corrected chi connectivity index (χ3v) is 3.08. The molecular formula is C14H27N3O. The molecule has 0 radical (unpaired) electrons. The number of rotatable bonds is 8. The van der Waals surface area contributed by atoms with E-state index in [1.165, 1.54) is 5.56 Å². The molecule has 18 heavy (non-hydrogen) atoms. The van der Waals surface area contributed by atoms with E-state index in [9.17, 15) is 0 Å². The highest BCUT2D eigenvalue weighted by atomic mass is 16.5. The van der Waals surface area contributed by atoms with Crippen molar-refractivity contribution in [3.8, 4) is 0 Å². The average molecular weight is 253 g/mol. The molecule has 1 heterocycles. The van der Waals surface area contributed by atoms with Crippen molar-refractivity contribution >= 4 is 0 Å². The molecule has 1 atom stereocenters. The number of aryl methyl sites for hydroxylation is 1. The van der Waals surface area contributed by atoms with Crippen LogP contribution >= 0.6 is 0 Å². The van der Waals surface area contributed by atoms with Crippen molar-refractivity contribution in [2.75, 3.05) is 20.3 Å². The maximum Gasteiger partial charge on any atom is 0.0638 e. The molecule has 0 bridgehead atoms. The summed E-state index contributed by atoms with van der Waals surface area (Å²) in [5.74, 6) is 0.681. The van der Waals surface area contributed by atoms with Crippen LogP contribution in [0.2, 0.25) is 0 Å². The smallest absolute Gasteiger partial charge is 0.0638 e. The lowest BCUT2D eigenvalue weighted by molar-refractivity contribution is 0.178. The van der Waals surface area contributed by atoms with E-state index in [1.54, 1.807) is 7.11 Å². The van der Waals surface area contributed by atoms with Crippen molar-refractivity contribution in [2.45, 2.75) is 46.7 Å². The van der Waals surface area contributed by atoms with Gasteiger partial charge in [-0.05, 0) is 32.7 Å². The van der Waals surface area contributed by atoms with Gasteiger partial charge in [-0.25, -0.2) is 0 Å². The Bertz CT molecular complexity index is 347. The molecule has 0 aliphatic carbocycles. The molecule has 1 rings (SSSR count). The van der Waals surface area contributed by atoms with Gasteiger partial charge in [0.2, 0.25) is 0 Å². The van der Waals surface area contributed by atoms with Gasteiger partial charge in [0.25, 0.3) is 0 Å². The molecule has 0 amide bonds. The van der Waals surface area contributed by atoms with Crippen LogP contribution in [0.4, 0.5) is 0 Å². The second-order valence-corrected chi connectivity index (χ2v) is 5.38. The van der Waals surface area contributed by atoms with Gasteiger partial charge in [-0.1, -0.05) is 13.8 Å². The maximum atomic E-state index is 5.11. The fourth-order valence-electron chi connectivity index (χ4n) is 1.83. The molecule has 1 N–H and O–H groups in total. The van der Waals surface area contributed by atoms with Crippen molar-refractivity contribution < 1.29 is 4.74 Å². The SMILES string of the molecule is COCCC(C)n1cc(CNCC(C)C)c(C)n1. The minimum atomic E-state index is 0.391. The van der Waals surface area contributed by atoms with Crippen molar-refractivity contribution in [2.24, 2.45) is 5.92 Å². The Kier molecular flexibility index (Phi) is 6.36. The van der Waals surface area contributed by atoms with Crippen LogP contribution in [0.15, 0.2) is 6.20 Å². The number of nitrogens with zero attached hydrogens (tertiary/aromatic N) is 2. The third-order valence-electron chi connectivity index (χ3n) is 3.08. The molecule has 0 saturated carbocycles. The van der Waals surface area contributed by atoms with E-state index in [2.05, 4.69) is 49.0 Å². The largest absolute Gasteiger partial charge is 0.385 e. The lowest BCUT2D eigenvalue weighted by Crippen LogP contribution is -2.19. The van der Waals surface area contributed by atoms with Gasteiger partial charge in [0.15, 0.2) is 0 Å². The first-order chi connectivity index (χ1) is 8.54. The van der Waals surface area contributed by atoms with Crippen LogP contribution in [-0.2, 0) is 11.3 Å². The predicted molar refractivity (Wildman–Crippen MR) is 74.7 cm³/mol. The van der Waals surface area contributed by atoms with Gasteiger partial charge in [0.05, 0.1) is 11.7 Å². The monoisotopic (exact) mass is 253 g/mol. The maximum absolute atomic E-state index is 5.11. The van der Waals surface area contributed by atoms with Crippen LogP contribution < -0.4 is 5.32 Å². The van der Waals surface area contributed by atoms with Gasteiger partial charge in [-0.15, -0.1) is 0 Å². The quantitative estimate of drug-likeness (QED) is 0.774. The summed E-state index contributed by atoms with van der Waals surface area (Å²) >= 11 is 0. The summed E-state index contributed by atoms with van der Waals surface area (Å²) in [5.41, 5.74) is 2.41. The number of hydrogen-bond donors (Lipinski definition) is 1. The van der Waals surface area contributed by atoms with E-state index in [0.717, 1.165) is 31.8 Å². The van der Waals surface area contributed by atoms with Crippen LogP contribution in [0, 0.1) is 12.8 Å². The van der Waals surface area contributed by atoms with Crippen molar-refractivity contribution in [3.05, 3.63) is 17.5 Å². The van der Waals surface area contributed by atoms with E-state index in [1.807, 2.05) is 0 Å². The topological polar surface area (TPSA) is 39.1 Å². The molecule has 4 heteroatoms. The highest BCUT2D eigenvalue weighted by Crippen LogP contribution is 2.13. The standard InChI is InChI=1S/C14H27N3O/c1-11(2)8-15-9-14-10-17(16-13(14)4)12(3)6-7-18-5/h10-12,15H,6-9H2,1-5H3. The minimum Gasteiger partial charge on any atom is -0.385 e. The molecule has 0 fully saturated rings. The normalized spacial score (nSPS) is 13.2. The van der Waals surface area contributed by atoms with Crippen LogP contribution in [-0.4, -0.2) is 30.0 Å². The first kappa shape index (κ1) is 15.2. The van der Waals surface area contributed by atoms with E-state index in [-0.39, 0.29) is 0 Å². The first-order valence-electron chi connectivity index (χ1n) is 6.78. The zero-order valence-corrected chi connectivity index (χ0v) is 12.4. The Morgan fingerprint density at radius 2 is 2.11 bits per heavy atom. The van der Waals surface area contributed by atoms with Gasteiger partial charge < -0.3 is 10.1 Å². The Morgan fingerprint density at radius 1 is 1.39 bits per heavy atom. The fourth-order valence-corrected chi connectivity index (χ4v) is 1.83. The molecule has 0 aromatic carbocycles. The second kappa shape index (κ2) is 7.54. The second-order valence-electron chi connectivity index (χ2n) is 5.38. The molecule has 0 aliphatic rings. The molecule has 0 saturated heterocycles. The molecular weight excluding hydrogens is 226 g/mol. The summed E-state index contributed by atoms with van der Waals surface area (Å²) in [4.78, 5) is 0. The predicted octanol–water partition coefficient (Wildman–Crippen LogP) is 2.53. The van der Waals surface area contributed by atoms with E-state index >= 15 is 0 Å². The zero-order chi connectivity index (χ0) is 13.5. The highest BCUT2D eigenvalue weighted by Gasteiger charge is 2.09. The summed E-state index contributed by atoms with van der Waals surface area (Å²) in [6.07, 6.45) is 3.15. The lowest BCUT2D eigenvalue weighted by Gasteiger charge is -2.11. The molecule has 0 aliphatic heterocycles.